The SMILES string of the molecule is COc1ccc(CN2CC(Br)=Cc3ccc(CCC4(C)C[C@@H](n5ccc6c(N)ncnc65)[C@@H]5OC(C)(C)O[C@@]54C)cc32)cc1. The predicted molar refractivity (Wildman–Crippen MR) is 178 cm³/mol. The minimum atomic E-state index is -0.677. The van der Waals surface area contributed by atoms with Gasteiger partial charge in [-0.15, -0.1) is 0 Å². The van der Waals surface area contributed by atoms with E-state index in [4.69, 9.17) is 19.9 Å². The second kappa shape index (κ2) is 10.6. The van der Waals surface area contributed by atoms with Crippen LogP contribution in [0.4, 0.5) is 11.5 Å². The van der Waals surface area contributed by atoms with E-state index in [-0.39, 0.29) is 17.6 Å². The Morgan fingerprint density at radius 2 is 1.82 bits per heavy atom. The number of fused-ring (bicyclic) bond motifs is 3. The third-order valence-electron chi connectivity index (χ3n) is 10.1. The average molecular weight is 659 g/mol. The van der Waals surface area contributed by atoms with E-state index in [9.17, 15) is 0 Å². The maximum Gasteiger partial charge on any atom is 0.164 e. The molecule has 8 nitrogen and oxygen atoms in total. The van der Waals surface area contributed by atoms with E-state index < -0.39 is 11.4 Å². The molecular formula is C35H40BrN5O3. The fourth-order valence-electron chi connectivity index (χ4n) is 7.68. The van der Waals surface area contributed by atoms with Gasteiger partial charge in [0, 0.05) is 34.9 Å². The van der Waals surface area contributed by atoms with Crippen LogP contribution in [0, 0.1) is 5.41 Å². The molecule has 230 valence electrons. The van der Waals surface area contributed by atoms with Gasteiger partial charge in [0.15, 0.2) is 5.79 Å². The molecule has 2 aromatic carbocycles. The first kappa shape index (κ1) is 29.3. The van der Waals surface area contributed by atoms with Crippen LogP contribution in [0.3, 0.4) is 0 Å². The van der Waals surface area contributed by atoms with Crippen LogP contribution in [-0.2, 0) is 22.4 Å². The molecule has 0 spiro atoms. The van der Waals surface area contributed by atoms with Gasteiger partial charge in [0.1, 0.15) is 35.2 Å². The Balaban J connectivity index is 1.16. The predicted octanol–water partition coefficient (Wildman–Crippen LogP) is 7.27. The lowest BCUT2D eigenvalue weighted by molar-refractivity contribution is -0.190. The number of ether oxygens (including phenoxy) is 3. The highest BCUT2D eigenvalue weighted by Crippen LogP contribution is 2.62. The first-order chi connectivity index (χ1) is 21.0. The number of methoxy groups -OCH3 is 1. The number of aryl methyl sites for hydroxylation is 1. The van der Waals surface area contributed by atoms with Crippen molar-refractivity contribution in [2.24, 2.45) is 5.41 Å². The summed E-state index contributed by atoms with van der Waals surface area (Å²) in [4.78, 5) is 11.2. The van der Waals surface area contributed by atoms with E-state index in [0.717, 1.165) is 49.1 Å². The molecule has 9 heteroatoms. The Hall–Kier alpha value is -3.40. The quantitative estimate of drug-likeness (QED) is 0.224. The van der Waals surface area contributed by atoms with E-state index >= 15 is 0 Å². The van der Waals surface area contributed by atoms with Crippen molar-refractivity contribution in [3.8, 4) is 5.75 Å². The Labute approximate surface area is 267 Å². The maximum atomic E-state index is 6.81. The van der Waals surface area contributed by atoms with E-state index in [1.165, 1.54) is 26.9 Å². The van der Waals surface area contributed by atoms with Gasteiger partial charge < -0.3 is 29.4 Å². The summed E-state index contributed by atoms with van der Waals surface area (Å²) in [5.41, 5.74) is 11.5. The van der Waals surface area contributed by atoms with Gasteiger partial charge in [0.05, 0.1) is 18.5 Å². The number of nitrogens with zero attached hydrogens (tertiary/aromatic N) is 4. The molecule has 4 heterocycles. The van der Waals surface area contributed by atoms with E-state index in [1.54, 1.807) is 13.4 Å². The molecule has 1 unspecified atom stereocenters. The van der Waals surface area contributed by atoms with Crippen LogP contribution in [0.5, 0.6) is 5.75 Å². The van der Waals surface area contributed by atoms with Crippen LogP contribution in [0.2, 0.25) is 0 Å². The van der Waals surface area contributed by atoms with Crippen LogP contribution in [0.25, 0.3) is 17.1 Å². The highest BCUT2D eigenvalue weighted by atomic mass is 79.9. The van der Waals surface area contributed by atoms with Gasteiger partial charge in [0.2, 0.25) is 0 Å². The van der Waals surface area contributed by atoms with Gasteiger partial charge in [-0.3, -0.25) is 0 Å². The molecule has 2 N–H and O–H groups in total. The number of hydrogen-bond acceptors (Lipinski definition) is 7. The molecule has 44 heavy (non-hydrogen) atoms. The Morgan fingerprint density at radius 3 is 2.59 bits per heavy atom. The summed E-state index contributed by atoms with van der Waals surface area (Å²) < 4.78 is 22.2. The van der Waals surface area contributed by atoms with E-state index in [1.807, 2.05) is 32.0 Å². The summed E-state index contributed by atoms with van der Waals surface area (Å²) in [6.45, 7) is 10.3. The molecule has 0 amide bonds. The first-order valence-corrected chi connectivity index (χ1v) is 16.1. The Kier molecular flexibility index (Phi) is 7.06. The number of nitrogens with two attached hydrogens (primary N) is 1. The number of halogens is 1. The van der Waals surface area contributed by atoms with E-state index in [2.05, 4.69) is 91.8 Å². The molecule has 7 rings (SSSR count). The lowest BCUT2D eigenvalue weighted by atomic mass is 9.72. The van der Waals surface area contributed by atoms with Crippen LogP contribution in [0.15, 0.2) is 65.5 Å². The standard InChI is InChI=1S/C35H40BrN5O3/c1-33(2)43-30-29(41-15-13-27-31(37)38-21-39-32(27)41)18-34(3,35(30,4)44-33)14-12-22-6-9-24-17-25(36)20-40(28(24)16-22)19-23-7-10-26(42-5)11-8-23/h6-11,13,15-17,21,29-30H,12,14,18-20H2,1-5H3,(H2,37,38,39)/t29-,30+,34?,35+/m1/s1. The summed E-state index contributed by atoms with van der Waals surface area (Å²) in [6.07, 6.45) is 8.53. The second-order valence-electron chi connectivity index (χ2n) is 13.4. The summed E-state index contributed by atoms with van der Waals surface area (Å²) in [7, 11) is 1.70. The van der Waals surface area contributed by atoms with Crippen molar-refractivity contribution < 1.29 is 14.2 Å². The molecule has 1 aliphatic carbocycles. The van der Waals surface area contributed by atoms with Gasteiger partial charge in [-0.2, -0.15) is 0 Å². The van der Waals surface area contributed by atoms with Gasteiger partial charge in [0.25, 0.3) is 0 Å². The summed E-state index contributed by atoms with van der Waals surface area (Å²) >= 11 is 3.77. The number of benzene rings is 2. The third kappa shape index (κ3) is 4.89. The zero-order valence-electron chi connectivity index (χ0n) is 26.0. The maximum absolute atomic E-state index is 6.81. The van der Waals surface area contributed by atoms with Gasteiger partial charge in [-0.1, -0.05) is 47.1 Å². The first-order valence-electron chi connectivity index (χ1n) is 15.3. The smallest absolute Gasteiger partial charge is 0.164 e. The summed E-state index contributed by atoms with van der Waals surface area (Å²) in [6, 6.07) is 17.3. The van der Waals surface area contributed by atoms with Crippen molar-refractivity contribution in [3.63, 3.8) is 0 Å². The summed E-state index contributed by atoms with van der Waals surface area (Å²) in [5, 5.41) is 0.870. The minimum Gasteiger partial charge on any atom is -0.497 e. The molecule has 1 saturated heterocycles. The number of anilines is 2. The normalized spacial score (nSPS) is 27.3. The molecule has 3 aliphatic rings. The molecule has 4 aromatic rings. The van der Waals surface area contributed by atoms with Crippen molar-refractivity contribution in [2.45, 2.75) is 77.0 Å². The molecule has 1 saturated carbocycles. The highest BCUT2D eigenvalue weighted by molar-refractivity contribution is 9.11. The van der Waals surface area contributed by atoms with Crippen molar-refractivity contribution in [2.75, 3.05) is 24.3 Å². The fourth-order valence-corrected chi connectivity index (χ4v) is 8.23. The zero-order chi connectivity index (χ0) is 30.9. The number of rotatable bonds is 7. The van der Waals surface area contributed by atoms with Crippen LogP contribution >= 0.6 is 15.9 Å². The average Bonchev–Trinajstić information content (AvgIpc) is 3.59. The second-order valence-corrected chi connectivity index (χ2v) is 14.4. The number of aromatic nitrogens is 3. The largest absolute Gasteiger partial charge is 0.497 e. The lowest BCUT2D eigenvalue weighted by Crippen LogP contribution is -2.46. The van der Waals surface area contributed by atoms with Crippen molar-refractivity contribution in [3.05, 3.63) is 82.2 Å². The molecule has 4 atom stereocenters. The summed E-state index contributed by atoms with van der Waals surface area (Å²) in [5.74, 6) is 0.692. The van der Waals surface area contributed by atoms with Crippen molar-refractivity contribution in [1.82, 2.24) is 14.5 Å². The number of hydrogen-bond donors (Lipinski definition) is 1. The minimum absolute atomic E-state index is 0.0598. The molecule has 2 fully saturated rings. The molecule has 0 bridgehead atoms. The Morgan fingerprint density at radius 1 is 1.05 bits per heavy atom. The van der Waals surface area contributed by atoms with Crippen LogP contribution in [-0.4, -0.2) is 45.7 Å². The van der Waals surface area contributed by atoms with Crippen LogP contribution < -0.4 is 15.4 Å². The fraction of sp³-hybridized carbons (Fsp3) is 0.429. The van der Waals surface area contributed by atoms with Gasteiger partial charge >= 0.3 is 0 Å². The molecule has 2 aliphatic heterocycles. The van der Waals surface area contributed by atoms with Crippen LogP contribution in [0.1, 0.15) is 63.3 Å². The molecule has 0 radical (unpaired) electrons. The van der Waals surface area contributed by atoms with E-state index in [0.29, 0.717) is 5.82 Å². The monoisotopic (exact) mass is 657 g/mol. The molecule has 2 aromatic heterocycles. The molecular weight excluding hydrogens is 618 g/mol. The van der Waals surface area contributed by atoms with Crippen molar-refractivity contribution >= 4 is 44.5 Å². The zero-order valence-corrected chi connectivity index (χ0v) is 27.6. The Bertz CT molecular complexity index is 1750. The third-order valence-corrected chi connectivity index (χ3v) is 10.6. The topological polar surface area (TPSA) is 87.7 Å². The highest BCUT2D eigenvalue weighted by Gasteiger charge is 2.67. The van der Waals surface area contributed by atoms with Gasteiger partial charge in [-0.05, 0) is 87.1 Å². The van der Waals surface area contributed by atoms with Crippen molar-refractivity contribution in [1.29, 1.82) is 0 Å². The lowest BCUT2D eigenvalue weighted by Gasteiger charge is -2.40. The van der Waals surface area contributed by atoms with Gasteiger partial charge in [-0.25, -0.2) is 9.97 Å². The number of nitrogen functional groups attached to an aromatic ring is 1.